The summed E-state index contributed by atoms with van der Waals surface area (Å²) >= 11 is 30.7. The average molecular weight is 2100 g/mol. The van der Waals surface area contributed by atoms with Crippen molar-refractivity contribution in [2.45, 2.75) is 94.4 Å². The Labute approximate surface area is 819 Å². The molecule has 0 spiro atoms. The van der Waals surface area contributed by atoms with Gasteiger partial charge in [0.2, 0.25) is 63.7 Å². The van der Waals surface area contributed by atoms with Crippen LogP contribution in [0.3, 0.4) is 0 Å². The lowest BCUT2D eigenvalue weighted by molar-refractivity contribution is -0.139. The molecule has 4 saturated heterocycles. The van der Waals surface area contributed by atoms with Crippen LogP contribution in [-0.2, 0) is 77.8 Å². The Balaban J connectivity index is 0.000000157. The summed E-state index contributed by atoms with van der Waals surface area (Å²) in [5.41, 5.74) is 0.850. The van der Waals surface area contributed by atoms with E-state index < -0.39 is 104 Å². The van der Waals surface area contributed by atoms with E-state index in [9.17, 15) is 108 Å². The molecule has 12 aromatic rings. The van der Waals surface area contributed by atoms with E-state index in [1.807, 2.05) is 25.1 Å². The van der Waals surface area contributed by atoms with E-state index in [1.165, 1.54) is 136 Å². The molecule has 0 unspecified atom stereocenters. The third kappa shape index (κ3) is 24.9. The molecular formula is C95H71Cl5F9N11O16S4. The van der Waals surface area contributed by atoms with Crippen molar-refractivity contribution in [2.75, 3.05) is 45.8 Å². The molecule has 4 amide bonds. The van der Waals surface area contributed by atoms with E-state index in [-0.39, 0.29) is 149 Å². The number of aryl methyl sites for hydroxylation is 1. The van der Waals surface area contributed by atoms with Crippen LogP contribution in [0.2, 0.25) is 25.1 Å². The fourth-order valence-corrected chi connectivity index (χ4v) is 18.5. The Morgan fingerprint density at radius 2 is 0.614 bits per heavy atom. The van der Waals surface area contributed by atoms with Crippen molar-refractivity contribution in [1.29, 1.82) is 15.8 Å². The highest BCUT2D eigenvalue weighted by Gasteiger charge is 2.42. The molecule has 0 aliphatic carbocycles. The molecule has 4 aliphatic rings. The molecule has 8 N–H and O–H groups in total. The van der Waals surface area contributed by atoms with Crippen molar-refractivity contribution in [1.82, 2.24) is 0 Å². The number of rotatable bonds is 20. The Morgan fingerprint density at radius 1 is 0.321 bits per heavy atom. The molecule has 4 aliphatic heterocycles. The largest absolute Gasteiger partial charge is 0.457 e. The minimum Gasteiger partial charge on any atom is -0.457 e. The standard InChI is InChI=1S/3C24H17ClF3N3O4S.C23H20Cl2N2O4S/c25-17-3-8-20(22(11-17)35-21-10-16(24(26,27)28)2-1-14(21)12-29)15-9-23(32)31(13-15)18-4-6-19(7-5-18)36(30,33)34;25-15-4-9-18(22(11-15)35-21-3-1-2-20(19(21)12-29)24(26,27)28)14-10-23(32)31(13-14)16-5-7-17(8-6-16)36(30,33)34;25-16-4-9-19(21(11-16)35-23-14(12-29)2-1-3-20(23)24(26,27)28)15-10-22(32)31(13-15)17-5-7-18(8-6-17)36(30,33)34;1-14-2-3-16(24)11-21(14)31-22-12-17(25)4-9-20(22)15-10-23(28)27(13-15)18-5-7-19(8-6-18)32(26,29)30/h1-8,10-11,15H,9,13H2,(H2,30,33,34);1-9,11,14H,10,13H2,(H2,30,33,34);1-9,11,15H,10,13H2,(H2,30,33,34);2-9,11-12,15H,10,13H2,1H3,(H2,26,29,30)/t15-;14-;2*15-/m0000/s1. The molecule has 12 aromatic carbocycles. The molecule has 140 heavy (non-hydrogen) atoms. The number of ether oxygens (including phenoxy) is 4. The molecule has 0 bridgehead atoms. The number of carbonyl (C=O) groups excluding carboxylic acids is 4. The second kappa shape index (κ2) is 42.0. The van der Waals surface area contributed by atoms with E-state index in [2.05, 4.69) is 0 Å². The highest BCUT2D eigenvalue weighted by Crippen LogP contribution is 2.49. The number of primary sulfonamides is 4. The van der Waals surface area contributed by atoms with Crippen LogP contribution in [0.5, 0.6) is 46.0 Å². The van der Waals surface area contributed by atoms with Gasteiger partial charge in [0.05, 0.1) is 47.4 Å². The van der Waals surface area contributed by atoms with Gasteiger partial charge < -0.3 is 38.5 Å². The average Bonchev–Trinajstić information content (AvgIpc) is 1.66. The molecule has 4 heterocycles. The first-order chi connectivity index (χ1) is 65.7. The normalized spacial score (nSPS) is 16.2. The van der Waals surface area contributed by atoms with Gasteiger partial charge in [-0.25, -0.2) is 54.2 Å². The maximum absolute atomic E-state index is 13.6. The number of para-hydroxylation sites is 1. The molecule has 16 rings (SSSR count). The number of amides is 4. The summed E-state index contributed by atoms with van der Waals surface area (Å²) in [6.07, 6.45) is -13.8. The summed E-state index contributed by atoms with van der Waals surface area (Å²) < 4.78 is 236. The summed E-state index contributed by atoms with van der Waals surface area (Å²) in [7, 11) is -15.5. The number of alkyl halides is 9. The number of carbonyl (C=O) groups is 4. The number of nitrogens with two attached hydrogens (primary N) is 4. The lowest BCUT2D eigenvalue weighted by atomic mass is 9.97. The molecule has 27 nitrogen and oxygen atoms in total. The van der Waals surface area contributed by atoms with Gasteiger partial charge >= 0.3 is 18.5 Å². The van der Waals surface area contributed by atoms with Gasteiger partial charge in [-0.1, -0.05) is 100 Å². The monoisotopic (exact) mass is 2100 g/mol. The number of hydrogen-bond acceptors (Lipinski definition) is 19. The SMILES string of the molecule is Cc1ccc(Cl)cc1Oc1cc(Cl)ccc1[C@H]1CC(=O)N(c2ccc(S(N)(=O)=O)cc2)C1.N#Cc1c(Oc2cc(Cl)ccc2[C@H]2CC(=O)N(c3ccc(S(N)(=O)=O)cc3)C2)cccc1C(F)(F)F.N#Cc1ccc(C(F)(F)F)cc1Oc1cc(Cl)ccc1[C@H]1CC(=O)N(c2ccc(S(N)(=O)=O)cc2)C1.N#Cc1cccc(C(F)(F)F)c1Oc1cc(Cl)ccc1[C@H]1CC(=O)N(c2ccc(S(N)(=O)=O)cc2)C1. The highest BCUT2D eigenvalue weighted by molar-refractivity contribution is 7.90. The molecule has 724 valence electrons. The number of nitrogens with zero attached hydrogens (tertiary/aromatic N) is 7. The first-order valence-electron chi connectivity index (χ1n) is 40.9. The van der Waals surface area contributed by atoms with Crippen molar-refractivity contribution in [3.63, 3.8) is 0 Å². The number of halogens is 14. The molecule has 4 fully saturated rings. The van der Waals surface area contributed by atoms with Gasteiger partial charge in [0, 0.05) is 146 Å². The van der Waals surface area contributed by atoms with E-state index in [4.69, 9.17) is 97.5 Å². The Bertz CT molecular complexity index is 7370. The molecule has 0 saturated carbocycles. The molecule has 0 radical (unpaired) electrons. The van der Waals surface area contributed by atoms with Crippen molar-refractivity contribution in [2.24, 2.45) is 20.6 Å². The topological polar surface area (TPSA) is 430 Å². The molecule has 45 heteroatoms. The summed E-state index contributed by atoms with van der Waals surface area (Å²) in [6, 6.07) is 60.7. The highest BCUT2D eigenvalue weighted by atomic mass is 35.5. The van der Waals surface area contributed by atoms with Gasteiger partial charge in [0.25, 0.3) is 0 Å². The van der Waals surface area contributed by atoms with Crippen LogP contribution in [-0.4, -0.2) is 83.5 Å². The number of nitriles is 3. The van der Waals surface area contributed by atoms with Gasteiger partial charge in [-0.05, 0) is 213 Å². The summed E-state index contributed by atoms with van der Waals surface area (Å²) in [4.78, 5) is 56.8. The Hall–Kier alpha value is -13.4. The minimum absolute atomic E-state index is 0.00488. The maximum Gasteiger partial charge on any atom is 0.420 e. The number of benzene rings is 12. The number of hydrogen-bond donors (Lipinski definition) is 4. The van der Waals surface area contributed by atoms with Crippen molar-refractivity contribution in [3.05, 3.63) is 329 Å². The summed E-state index contributed by atoms with van der Waals surface area (Å²) in [5.74, 6) is -2.16. The first kappa shape index (κ1) is 104. The smallest absolute Gasteiger partial charge is 0.420 e. The van der Waals surface area contributed by atoms with E-state index in [0.29, 0.717) is 67.5 Å². The second-order valence-electron chi connectivity index (χ2n) is 31.7. The predicted octanol–water partition coefficient (Wildman–Crippen LogP) is 20.8. The summed E-state index contributed by atoms with van der Waals surface area (Å²) in [5, 5.41) is 50.4. The fourth-order valence-electron chi connectivity index (χ4n) is 15.6. The van der Waals surface area contributed by atoms with Crippen LogP contribution < -0.4 is 59.1 Å². The maximum atomic E-state index is 13.6. The van der Waals surface area contributed by atoms with Crippen molar-refractivity contribution >= 4 is 144 Å². The second-order valence-corrected chi connectivity index (χ2v) is 40.2. The number of sulfonamides is 4. The van der Waals surface area contributed by atoms with Crippen LogP contribution >= 0.6 is 58.0 Å². The van der Waals surface area contributed by atoms with E-state index >= 15 is 0 Å². The van der Waals surface area contributed by atoms with Gasteiger partial charge in [0.15, 0.2) is 5.75 Å². The zero-order valence-electron chi connectivity index (χ0n) is 72.0. The van der Waals surface area contributed by atoms with Gasteiger partial charge in [0.1, 0.15) is 64.0 Å². The first-order valence-corrected chi connectivity index (χ1v) is 49.0. The fraction of sp³-hybridized carbons (Fsp3) is 0.168. The van der Waals surface area contributed by atoms with Gasteiger partial charge in [-0.15, -0.1) is 0 Å². The Morgan fingerprint density at radius 3 is 0.921 bits per heavy atom. The van der Waals surface area contributed by atoms with Crippen LogP contribution in [0.15, 0.2) is 262 Å². The van der Waals surface area contributed by atoms with Crippen LogP contribution in [0.25, 0.3) is 0 Å². The lowest BCUT2D eigenvalue weighted by Gasteiger charge is -2.20. The lowest BCUT2D eigenvalue weighted by Crippen LogP contribution is -2.24. The third-order valence-electron chi connectivity index (χ3n) is 22.4. The quantitative estimate of drug-likeness (QED) is 0.0515. The molecule has 4 atom stereocenters. The third-order valence-corrected chi connectivity index (χ3v) is 27.3. The predicted molar refractivity (Wildman–Crippen MR) is 501 cm³/mol. The summed E-state index contributed by atoms with van der Waals surface area (Å²) in [6.45, 7) is 2.87. The van der Waals surface area contributed by atoms with E-state index in [1.54, 1.807) is 83.8 Å². The Kier molecular flexibility index (Phi) is 31.2. The van der Waals surface area contributed by atoms with Gasteiger partial charge in [-0.3, -0.25) is 19.2 Å². The van der Waals surface area contributed by atoms with Crippen molar-refractivity contribution in [3.8, 4) is 64.2 Å². The number of anilines is 4. The minimum atomic E-state index is -4.77. The van der Waals surface area contributed by atoms with Crippen LogP contribution in [0.1, 0.15) is 111 Å². The molecular weight excluding hydrogens is 2030 g/mol. The van der Waals surface area contributed by atoms with Gasteiger partial charge in [-0.2, -0.15) is 55.3 Å². The molecule has 0 aromatic heterocycles. The zero-order valence-corrected chi connectivity index (χ0v) is 79.0. The van der Waals surface area contributed by atoms with Crippen LogP contribution in [0.4, 0.5) is 62.3 Å². The van der Waals surface area contributed by atoms with Crippen LogP contribution in [0, 0.1) is 40.9 Å². The zero-order chi connectivity index (χ0) is 102. The van der Waals surface area contributed by atoms with E-state index in [0.717, 1.165) is 53.6 Å². The van der Waals surface area contributed by atoms with Crippen molar-refractivity contribution < 1.29 is 111 Å².